The predicted molar refractivity (Wildman–Crippen MR) is 80.0 cm³/mol. The first-order valence-corrected chi connectivity index (χ1v) is 6.35. The van der Waals surface area contributed by atoms with E-state index in [1.807, 2.05) is 13.0 Å². The summed E-state index contributed by atoms with van der Waals surface area (Å²) in [6.07, 6.45) is 0. The van der Waals surface area contributed by atoms with E-state index in [2.05, 4.69) is 5.32 Å². The van der Waals surface area contributed by atoms with Crippen molar-refractivity contribution < 1.29 is 4.79 Å². The Morgan fingerprint density at radius 3 is 2.37 bits per heavy atom. The quantitative estimate of drug-likeness (QED) is 0.818. The molecule has 2 rings (SSSR count). The lowest BCUT2D eigenvalue weighted by atomic mass is 10.1. The molecule has 0 bridgehead atoms. The average molecular weight is 295 g/mol. The van der Waals surface area contributed by atoms with Crippen molar-refractivity contribution in [2.75, 3.05) is 11.1 Å². The van der Waals surface area contributed by atoms with Gasteiger partial charge in [-0.1, -0.05) is 29.3 Å². The van der Waals surface area contributed by atoms with E-state index in [1.165, 1.54) is 0 Å². The summed E-state index contributed by atoms with van der Waals surface area (Å²) in [6.45, 7) is 1.89. The third-order valence-electron chi connectivity index (χ3n) is 2.63. The van der Waals surface area contributed by atoms with Crippen LogP contribution in [0.2, 0.25) is 10.0 Å². The first-order chi connectivity index (χ1) is 8.95. The van der Waals surface area contributed by atoms with E-state index in [0.717, 1.165) is 5.56 Å². The molecule has 2 aromatic rings. The lowest BCUT2D eigenvalue weighted by Gasteiger charge is -2.09. The fourth-order valence-corrected chi connectivity index (χ4v) is 2.18. The second-order valence-electron chi connectivity index (χ2n) is 4.19. The largest absolute Gasteiger partial charge is 0.399 e. The Bertz CT molecular complexity index is 621. The van der Waals surface area contributed by atoms with Gasteiger partial charge in [0.15, 0.2) is 0 Å². The van der Waals surface area contributed by atoms with Gasteiger partial charge >= 0.3 is 0 Å². The molecule has 3 nitrogen and oxygen atoms in total. The average Bonchev–Trinajstić information content (AvgIpc) is 2.32. The third-order valence-corrected chi connectivity index (χ3v) is 3.07. The van der Waals surface area contributed by atoms with Gasteiger partial charge in [0.25, 0.3) is 5.91 Å². The van der Waals surface area contributed by atoms with Crippen molar-refractivity contribution in [1.29, 1.82) is 0 Å². The Labute approximate surface area is 121 Å². The highest BCUT2D eigenvalue weighted by Gasteiger charge is 2.09. The van der Waals surface area contributed by atoms with Crippen molar-refractivity contribution in [2.45, 2.75) is 6.92 Å². The molecular formula is C14H12Cl2N2O. The lowest BCUT2D eigenvalue weighted by Crippen LogP contribution is -2.13. The smallest absolute Gasteiger partial charge is 0.255 e. The Balaban J connectivity index is 2.28. The third kappa shape index (κ3) is 3.40. The molecule has 0 spiro atoms. The number of amides is 1. The predicted octanol–water partition coefficient (Wildman–Crippen LogP) is 4.14. The molecule has 0 fully saturated rings. The van der Waals surface area contributed by atoms with Crippen molar-refractivity contribution in [3.63, 3.8) is 0 Å². The standard InChI is InChI=1S/C14H12Cl2N2O/c1-8-2-3-12(17)7-13(8)18-14(19)9-4-10(15)6-11(16)5-9/h2-7H,17H2,1H3,(H,18,19). The maximum absolute atomic E-state index is 12.1. The Kier molecular flexibility index (Phi) is 3.98. The van der Waals surface area contributed by atoms with Gasteiger partial charge in [0.05, 0.1) is 0 Å². The molecule has 0 saturated carbocycles. The van der Waals surface area contributed by atoms with E-state index in [1.54, 1.807) is 30.3 Å². The minimum absolute atomic E-state index is 0.280. The summed E-state index contributed by atoms with van der Waals surface area (Å²) in [6, 6.07) is 10.0. The van der Waals surface area contributed by atoms with Crippen LogP contribution in [0, 0.1) is 6.92 Å². The molecule has 19 heavy (non-hydrogen) atoms. The van der Waals surface area contributed by atoms with Crippen LogP contribution in [-0.4, -0.2) is 5.91 Å². The molecule has 0 heterocycles. The topological polar surface area (TPSA) is 55.1 Å². The normalized spacial score (nSPS) is 10.3. The Hall–Kier alpha value is -1.71. The summed E-state index contributed by atoms with van der Waals surface area (Å²) in [5.74, 6) is -0.280. The first-order valence-electron chi connectivity index (χ1n) is 5.59. The minimum atomic E-state index is -0.280. The summed E-state index contributed by atoms with van der Waals surface area (Å²) < 4.78 is 0. The number of aryl methyl sites for hydroxylation is 1. The molecule has 98 valence electrons. The molecule has 1 amide bonds. The van der Waals surface area contributed by atoms with Crippen molar-refractivity contribution in [2.24, 2.45) is 0 Å². The highest BCUT2D eigenvalue weighted by Crippen LogP contribution is 2.22. The van der Waals surface area contributed by atoms with Gasteiger partial charge in [0, 0.05) is 27.0 Å². The molecular weight excluding hydrogens is 283 g/mol. The number of rotatable bonds is 2. The number of carbonyl (C=O) groups excluding carboxylic acids is 1. The summed E-state index contributed by atoms with van der Waals surface area (Å²) >= 11 is 11.7. The maximum Gasteiger partial charge on any atom is 0.255 e. The van der Waals surface area contributed by atoms with E-state index >= 15 is 0 Å². The molecule has 0 unspecified atom stereocenters. The lowest BCUT2D eigenvalue weighted by molar-refractivity contribution is 0.102. The number of hydrogen-bond acceptors (Lipinski definition) is 2. The molecule has 3 N–H and O–H groups in total. The maximum atomic E-state index is 12.1. The van der Waals surface area contributed by atoms with Gasteiger partial charge in [0.1, 0.15) is 0 Å². The molecule has 0 saturated heterocycles. The monoisotopic (exact) mass is 294 g/mol. The zero-order chi connectivity index (χ0) is 14.0. The fourth-order valence-electron chi connectivity index (χ4n) is 1.65. The van der Waals surface area contributed by atoms with Crippen molar-refractivity contribution >= 4 is 40.5 Å². The molecule has 5 heteroatoms. The van der Waals surface area contributed by atoms with Gasteiger partial charge in [-0.3, -0.25) is 4.79 Å². The van der Waals surface area contributed by atoms with Gasteiger partial charge in [0.2, 0.25) is 0 Å². The van der Waals surface area contributed by atoms with Crippen LogP contribution in [0.15, 0.2) is 36.4 Å². The number of hydrogen-bond donors (Lipinski definition) is 2. The van der Waals surface area contributed by atoms with Gasteiger partial charge in [-0.25, -0.2) is 0 Å². The van der Waals surface area contributed by atoms with E-state index in [4.69, 9.17) is 28.9 Å². The number of nitrogens with two attached hydrogens (primary N) is 1. The van der Waals surface area contributed by atoms with Crippen molar-refractivity contribution in [3.8, 4) is 0 Å². The molecule has 2 aromatic carbocycles. The van der Waals surface area contributed by atoms with Gasteiger partial charge in [-0.15, -0.1) is 0 Å². The van der Waals surface area contributed by atoms with E-state index in [-0.39, 0.29) is 5.91 Å². The van der Waals surface area contributed by atoms with Gasteiger partial charge < -0.3 is 11.1 Å². The molecule has 0 aliphatic heterocycles. The van der Waals surface area contributed by atoms with Gasteiger partial charge in [-0.05, 0) is 42.8 Å². The molecule has 0 aliphatic carbocycles. The second-order valence-corrected chi connectivity index (χ2v) is 5.06. The number of anilines is 2. The van der Waals surface area contributed by atoms with Crippen molar-refractivity contribution in [1.82, 2.24) is 0 Å². The Morgan fingerprint density at radius 2 is 1.74 bits per heavy atom. The van der Waals surface area contributed by atoms with Crippen LogP contribution in [0.3, 0.4) is 0 Å². The highest BCUT2D eigenvalue weighted by molar-refractivity contribution is 6.35. The Morgan fingerprint density at radius 1 is 1.11 bits per heavy atom. The van der Waals surface area contributed by atoms with Crippen LogP contribution in [0.5, 0.6) is 0 Å². The fraction of sp³-hybridized carbons (Fsp3) is 0.0714. The number of halogens is 2. The van der Waals surface area contributed by atoms with Crippen LogP contribution in [0.1, 0.15) is 15.9 Å². The number of nitrogen functional groups attached to an aromatic ring is 1. The van der Waals surface area contributed by atoms with E-state index in [0.29, 0.717) is 27.0 Å². The summed E-state index contributed by atoms with van der Waals surface area (Å²) in [4.78, 5) is 12.1. The summed E-state index contributed by atoms with van der Waals surface area (Å²) in [7, 11) is 0. The number of carbonyl (C=O) groups is 1. The summed E-state index contributed by atoms with van der Waals surface area (Å²) in [5.41, 5.74) is 8.28. The van der Waals surface area contributed by atoms with E-state index < -0.39 is 0 Å². The van der Waals surface area contributed by atoms with Crippen LogP contribution < -0.4 is 11.1 Å². The molecule has 0 aliphatic rings. The van der Waals surface area contributed by atoms with Crippen molar-refractivity contribution in [3.05, 3.63) is 57.6 Å². The van der Waals surface area contributed by atoms with Crippen LogP contribution in [0.4, 0.5) is 11.4 Å². The zero-order valence-electron chi connectivity index (χ0n) is 10.2. The van der Waals surface area contributed by atoms with Gasteiger partial charge in [-0.2, -0.15) is 0 Å². The SMILES string of the molecule is Cc1ccc(N)cc1NC(=O)c1cc(Cl)cc(Cl)c1. The molecule has 0 aromatic heterocycles. The van der Waals surface area contributed by atoms with Crippen LogP contribution in [0.25, 0.3) is 0 Å². The summed E-state index contributed by atoms with van der Waals surface area (Å²) in [5, 5.41) is 3.62. The zero-order valence-corrected chi connectivity index (χ0v) is 11.7. The second kappa shape index (κ2) is 5.51. The minimum Gasteiger partial charge on any atom is -0.399 e. The molecule has 0 radical (unpaired) electrons. The molecule has 0 atom stereocenters. The van der Waals surface area contributed by atoms with Crippen LogP contribution >= 0.6 is 23.2 Å². The number of nitrogens with one attached hydrogen (secondary N) is 1. The highest BCUT2D eigenvalue weighted by atomic mass is 35.5. The van der Waals surface area contributed by atoms with E-state index in [9.17, 15) is 4.79 Å². The first kappa shape index (κ1) is 13.7. The van der Waals surface area contributed by atoms with Crippen LogP contribution in [-0.2, 0) is 0 Å². The number of benzene rings is 2.